The van der Waals surface area contributed by atoms with Crippen LogP contribution in [0.15, 0.2) is 46.6 Å². The zero-order chi connectivity index (χ0) is 16.1. The van der Waals surface area contributed by atoms with Crippen LogP contribution in [0.4, 0.5) is 0 Å². The molecule has 2 unspecified atom stereocenters. The van der Waals surface area contributed by atoms with Crippen LogP contribution in [0.2, 0.25) is 18.9 Å². The molecule has 0 spiro atoms. The molecule has 0 fully saturated rings. The van der Waals surface area contributed by atoms with Gasteiger partial charge in [0.15, 0.2) is 0 Å². The van der Waals surface area contributed by atoms with Crippen LogP contribution in [0.1, 0.15) is 58.3 Å². The Morgan fingerprint density at radius 1 is 0.783 bits per heavy atom. The van der Waals surface area contributed by atoms with Crippen molar-refractivity contribution in [1.82, 2.24) is 0 Å². The van der Waals surface area contributed by atoms with Crippen molar-refractivity contribution in [2.75, 3.05) is 0 Å². The summed E-state index contributed by atoms with van der Waals surface area (Å²) in [5.74, 6) is 0. The molecule has 0 aliphatic heterocycles. The van der Waals surface area contributed by atoms with E-state index >= 15 is 0 Å². The molecule has 0 aromatic heterocycles. The van der Waals surface area contributed by atoms with Crippen molar-refractivity contribution in [2.24, 2.45) is 0 Å². The van der Waals surface area contributed by atoms with Crippen LogP contribution >= 0.6 is 0 Å². The zero-order valence-electron chi connectivity index (χ0n) is 15.2. The summed E-state index contributed by atoms with van der Waals surface area (Å²) in [6, 6.07) is 0. The van der Waals surface area contributed by atoms with E-state index in [1.54, 1.807) is 11.1 Å². The molecule has 0 heterocycles. The third-order valence-electron chi connectivity index (χ3n) is 7.71. The van der Waals surface area contributed by atoms with Crippen molar-refractivity contribution in [1.29, 1.82) is 0 Å². The van der Waals surface area contributed by atoms with Crippen molar-refractivity contribution in [3.8, 4) is 0 Å². The fraction of sp³-hybridized carbons (Fsp3) is 0.591. The van der Waals surface area contributed by atoms with Crippen molar-refractivity contribution in [2.45, 2.75) is 77.2 Å². The maximum atomic E-state index is 2.73. The van der Waals surface area contributed by atoms with Crippen LogP contribution in [0, 0.1) is 0 Å². The van der Waals surface area contributed by atoms with Gasteiger partial charge in [0.05, 0.1) is 0 Å². The Labute approximate surface area is 142 Å². The minimum absolute atomic E-state index is 0.774. The summed E-state index contributed by atoms with van der Waals surface area (Å²) in [4.78, 5) is 0. The van der Waals surface area contributed by atoms with E-state index in [0.29, 0.717) is 0 Å². The second-order valence-electron chi connectivity index (χ2n) is 9.21. The third kappa shape index (κ3) is 2.32. The quantitative estimate of drug-likeness (QED) is 0.471. The van der Waals surface area contributed by atoms with E-state index < -0.39 is 14.8 Å². The number of hydrogen-bond donors (Lipinski definition) is 0. The first kappa shape index (κ1) is 16.0. The number of allylic oxidation sites excluding steroid dienone is 8. The van der Waals surface area contributed by atoms with Crippen molar-refractivity contribution in [3.63, 3.8) is 0 Å². The van der Waals surface area contributed by atoms with Gasteiger partial charge in [-0.25, -0.2) is 0 Å². The molecule has 0 saturated carbocycles. The third-order valence-corrected chi connectivity index (χ3v) is 18.4. The predicted octanol–water partition coefficient (Wildman–Crippen LogP) is 7.05. The summed E-state index contributed by atoms with van der Waals surface area (Å²) in [6.07, 6.45) is 21.3. The molecule has 124 valence electrons. The Kier molecular flexibility index (Phi) is 3.86. The fourth-order valence-corrected chi connectivity index (χ4v) is 14.3. The summed E-state index contributed by atoms with van der Waals surface area (Å²) in [5, 5.41) is 5.46. The van der Waals surface area contributed by atoms with Gasteiger partial charge in [0.1, 0.15) is 0 Å². The molecule has 0 aromatic carbocycles. The number of hydrogen-bond acceptors (Lipinski definition) is 0. The van der Waals surface area contributed by atoms with Crippen LogP contribution in [0.25, 0.3) is 0 Å². The van der Waals surface area contributed by atoms with E-state index in [-0.39, 0.29) is 0 Å². The van der Waals surface area contributed by atoms with Crippen LogP contribution in [0.3, 0.4) is 0 Å². The molecule has 2 atom stereocenters. The average Bonchev–Trinajstić information content (AvgIpc) is 3.20. The molecule has 0 N–H and O–H groups in total. The number of rotatable bonds is 2. The molecule has 4 rings (SSSR count). The molecule has 0 radical (unpaired) electrons. The van der Waals surface area contributed by atoms with Gasteiger partial charge in [0.2, 0.25) is 0 Å². The molecule has 4 aliphatic rings. The van der Waals surface area contributed by atoms with E-state index in [2.05, 4.69) is 46.0 Å². The fourth-order valence-electron chi connectivity index (χ4n) is 5.91. The minimum atomic E-state index is -2.81. The van der Waals surface area contributed by atoms with Gasteiger partial charge in [-0.3, -0.25) is 0 Å². The molecule has 1 heteroatoms. The monoisotopic (exact) mass is 344 g/mol. The zero-order valence-corrected chi connectivity index (χ0v) is 16.8. The van der Waals surface area contributed by atoms with Gasteiger partial charge < -0.3 is 0 Å². The van der Waals surface area contributed by atoms with Gasteiger partial charge in [-0.2, -0.15) is 0 Å². The Bertz CT molecular complexity index is 663. The molecular formula is C22H32Ti. The topological polar surface area (TPSA) is 0 Å². The molecule has 23 heavy (non-hydrogen) atoms. The first-order valence-corrected chi connectivity index (χ1v) is 15.7. The predicted molar refractivity (Wildman–Crippen MR) is 100 cm³/mol. The second-order valence-corrected chi connectivity index (χ2v) is 20.6. The van der Waals surface area contributed by atoms with E-state index in [1.165, 1.54) is 51.4 Å². The Hall–Kier alpha value is -0.456. The molecule has 0 saturated heterocycles. The summed E-state index contributed by atoms with van der Waals surface area (Å²) in [6.45, 7) is 2.39. The molecule has 0 bridgehead atoms. The van der Waals surface area contributed by atoms with E-state index in [1.807, 2.05) is 11.1 Å². The molecule has 0 nitrogen and oxygen atoms in total. The van der Waals surface area contributed by atoms with Crippen molar-refractivity contribution in [3.05, 3.63) is 46.6 Å². The molecule has 0 aromatic rings. The summed E-state index contributed by atoms with van der Waals surface area (Å²) >= 11 is -2.81. The van der Waals surface area contributed by atoms with E-state index in [4.69, 9.17) is 0 Å². The van der Waals surface area contributed by atoms with Gasteiger partial charge in [-0.1, -0.05) is 0 Å². The second kappa shape index (κ2) is 5.53. The van der Waals surface area contributed by atoms with Crippen LogP contribution in [-0.2, 0) is 14.8 Å². The molecular weight excluding hydrogens is 312 g/mol. The SMILES string of the molecule is C[CH]=[Ti]([CH3])([CH3])([CH]1C=CC2=C1CCCC2)[CH]1C=CC2=C1CCCC2. The van der Waals surface area contributed by atoms with Gasteiger partial charge in [0.25, 0.3) is 0 Å². The van der Waals surface area contributed by atoms with Crippen molar-refractivity contribution >= 4 is 4.31 Å². The summed E-state index contributed by atoms with van der Waals surface area (Å²) in [7, 11) is 0. The van der Waals surface area contributed by atoms with Crippen LogP contribution in [0.5, 0.6) is 0 Å². The molecule has 0 amide bonds. The Morgan fingerprint density at radius 3 is 1.65 bits per heavy atom. The van der Waals surface area contributed by atoms with Crippen LogP contribution in [-0.4, -0.2) is 4.31 Å². The standard InChI is InChI=1S/2C9H11.C2H4.2CH3.Ti/c2*1-2-5-9-7-3-6-8(9)4-1;1-2;;;/h2*3,6-7H,1-2,4-5H2;1H,2H3;2*1H3;. The van der Waals surface area contributed by atoms with Gasteiger partial charge >= 0.3 is 143 Å². The first-order chi connectivity index (χ1) is 11.0. The molecule has 4 aliphatic carbocycles. The van der Waals surface area contributed by atoms with E-state index in [0.717, 1.165) is 8.45 Å². The van der Waals surface area contributed by atoms with Gasteiger partial charge in [-0.05, 0) is 0 Å². The van der Waals surface area contributed by atoms with E-state index in [9.17, 15) is 0 Å². The average molecular weight is 344 g/mol. The Balaban J connectivity index is 1.81. The van der Waals surface area contributed by atoms with Gasteiger partial charge in [0, 0.05) is 0 Å². The van der Waals surface area contributed by atoms with Crippen LogP contribution < -0.4 is 0 Å². The van der Waals surface area contributed by atoms with Crippen molar-refractivity contribution < 1.29 is 14.8 Å². The maximum absolute atomic E-state index is 2.81. The summed E-state index contributed by atoms with van der Waals surface area (Å²) in [5.41, 5.74) is 7.11. The Morgan fingerprint density at radius 2 is 1.22 bits per heavy atom. The first-order valence-electron chi connectivity index (χ1n) is 9.85. The normalized spacial score (nSPS) is 30.8. The van der Waals surface area contributed by atoms with Gasteiger partial charge in [-0.15, -0.1) is 0 Å². The summed E-state index contributed by atoms with van der Waals surface area (Å²) < 4.78 is 4.28.